The first kappa shape index (κ1) is 16.0. The molecule has 0 bridgehead atoms. The van der Waals surface area contributed by atoms with Gasteiger partial charge in [-0.25, -0.2) is 0 Å². The second kappa shape index (κ2) is 6.57. The molecule has 0 aromatic carbocycles. The summed E-state index contributed by atoms with van der Waals surface area (Å²) in [6.07, 6.45) is -3.39. The van der Waals surface area contributed by atoms with Gasteiger partial charge in [-0.1, -0.05) is 13.5 Å². The van der Waals surface area contributed by atoms with Crippen LogP contribution < -0.4 is 5.32 Å². The van der Waals surface area contributed by atoms with Crippen molar-refractivity contribution in [2.45, 2.75) is 32.6 Å². The van der Waals surface area contributed by atoms with E-state index < -0.39 is 12.0 Å². The zero-order chi connectivity index (χ0) is 15.5. The van der Waals surface area contributed by atoms with Crippen molar-refractivity contribution in [3.8, 4) is 0 Å². The minimum absolute atomic E-state index is 0.257. The Bertz CT molecular complexity index is 494. The lowest BCUT2D eigenvalue weighted by Crippen LogP contribution is -2.37. The van der Waals surface area contributed by atoms with Gasteiger partial charge < -0.3 is 9.88 Å². The zero-order valence-electron chi connectivity index (χ0n) is 12.1. The van der Waals surface area contributed by atoms with Crippen molar-refractivity contribution in [1.82, 2.24) is 25.0 Å². The number of rotatable bonds is 6. The molecule has 8 heteroatoms. The van der Waals surface area contributed by atoms with Crippen LogP contribution in [0.3, 0.4) is 0 Å². The number of halogens is 3. The van der Waals surface area contributed by atoms with E-state index in [2.05, 4.69) is 29.0 Å². The molecule has 0 saturated heterocycles. The van der Waals surface area contributed by atoms with Crippen molar-refractivity contribution >= 4 is 0 Å². The van der Waals surface area contributed by atoms with Crippen LogP contribution in [0.5, 0.6) is 0 Å². The van der Waals surface area contributed by atoms with Gasteiger partial charge in [0.1, 0.15) is 5.82 Å². The molecule has 0 saturated carbocycles. The average Bonchev–Trinajstić information content (AvgIpc) is 2.82. The Hall–Kier alpha value is -1.41. The maximum atomic E-state index is 12.7. The molecule has 2 rings (SSSR count). The largest absolute Gasteiger partial charge is 0.451 e. The lowest BCUT2D eigenvalue weighted by Gasteiger charge is -2.28. The Morgan fingerprint density at radius 2 is 2.10 bits per heavy atom. The highest BCUT2D eigenvalue weighted by atomic mass is 19.4. The lowest BCUT2D eigenvalue weighted by atomic mass is 10.2. The minimum Gasteiger partial charge on any atom is -0.313 e. The highest BCUT2D eigenvalue weighted by Gasteiger charge is 2.39. The fraction of sp³-hybridized carbons (Fsp3) is 0.692. The molecule has 0 amide bonds. The third kappa shape index (κ3) is 4.04. The van der Waals surface area contributed by atoms with Crippen LogP contribution in [-0.4, -0.2) is 45.8 Å². The van der Waals surface area contributed by atoms with Gasteiger partial charge in [-0.15, -0.1) is 10.2 Å². The normalized spacial score (nSPS) is 16.0. The van der Waals surface area contributed by atoms with E-state index in [-0.39, 0.29) is 6.54 Å². The van der Waals surface area contributed by atoms with Crippen LogP contribution in [0.4, 0.5) is 13.2 Å². The molecule has 0 unspecified atom stereocenters. The van der Waals surface area contributed by atoms with Crippen LogP contribution in [0, 0.1) is 0 Å². The summed E-state index contributed by atoms with van der Waals surface area (Å²) in [7, 11) is 0. The minimum atomic E-state index is -4.44. The topological polar surface area (TPSA) is 46.0 Å². The summed E-state index contributed by atoms with van der Waals surface area (Å²) in [5, 5.41) is 10.2. The Morgan fingerprint density at radius 3 is 2.76 bits per heavy atom. The van der Waals surface area contributed by atoms with E-state index in [1.165, 1.54) is 0 Å². The number of alkyl halides is 3. The van der Waals surface area contributed by atoms with Crippen LogP contribution in [-0.2, 0) is 19.3 Å². The van der Waals surface area contributed by atoms with Gasteiger partial charge in [0, 0.05) is 26.2 Å². The van der Waals surface area contributed by atoms with E-state index in [0.29, 0.717) is 25.5 Å². The van der Waals surface area contributed by atoms with Gasteiger partial charge in [-0.3, -0.25) is 4.90 Å². The third-order valence-corrected chi connectivity index (χ3v) is 3.33. The number of aromatic nitrogens is 3. The van der Waals surface area contributed by atoms with Crippen LogP contribution in [0.2, 0.25) is 0 Å². The molecule has 0 radical (unpaired) electrons. The first-order valence-electron chi connectivity index (χ1n) is 7.00. The maximum Gasteiger partial charge on any atom is 0.451 e. The average molecular weight is 303 g/mol. The zero-order valence-corrected chi connectivity index (χ0v) is 12.1. The molecule has 0 spiro atoms. The highest BCUT2D eigenvalue weighted by Crippen LogP contribution is 2.29. The summed E-state index contributed by atoms with van der Waals surface area (Å²) >= 11 is 0. The van der Waals surface area contributed by atoms with Crippen LogP contribution >= 0.6 is 0 Å². The molecule has 5 nitrogen and oxygen atoms in total. The molecule has 21 heavy (non-hydrogen) atoms. The van der Waals surface area contributed by atoms with Crippen molar-refractivity contribution in [3.63, 3.8) is 0 Å². The van der Waals surface area contributed by atoms with Gasteiger partial charge in [0.15, 0.2) is 0 Å². The van der Waals surface area contributed by atoms with Gasteiger partial charge in [0.05, 0.1) is 6.54 Å². The van der Waals surface area contributed by atoms with Gasteiger partial charge in [-0.05, 0) is 18.5 Å². The molecular formula is C13H20F3N5. The Morgan fingerprint density at radius 1 is 1.33 bits per heavy atom. The lowest BCUT2D eigenvalue weighted by molar-refractivity contribution is -0.148. The number of hydrogen-bond acceptors (Lipinski definition) is 4. The van der Waals surface area contributed by atoms with E-state index in [0.717, 1.165) is 29.7 Å². The molecule has 0 aliphatic carbocycles. The molecule has 1 aromatic heterocycles. The summed E-state index contributed by atoms with van der Waals surface area (Å²) in [5.74, 6) is -0.538. The molecule has 0 atom stereocenters. The Kier molecular flexibility index (Phi) is 5.00. The Balaban J connectivity index is 1.92. The first-order valence-corrected chi connectivity index (χ1v) is 7.00. The highest BCUT2D eigenvalue weighted by molar-refractivity contribution is 5.05. The van der Waals surface area contributed by atoms with Crippen molar-refractivity contribution < 1.29 is 13.2 Å². The predicted octanol–water partition coefficient (Wildman–Crippen LogP) is 1.67. The quantitative estimate of drug-likeness (QED) is 0.641. The molecular weight excluding hydrogens is 283 g/mol. The summed E-state index contributed by atoms with van der Waals surface area (Å²) < 4.78 is 39.4. The summed E-state index contributed by atoms with van der Waals surface area (Å²) in [6, 6.07) is 0. The smallest absolute Gasteiger partial charge is 0.313 e. The molecule has 1 aromatic rings. The van der Waals surface area contributed by atoms with E-state index in [1.807, 2.05) is 4.90 Å². The molecule has 1 aliphatic rings. The number of hydrogen-bond donors (Lipinski definition) is 1. The molecule has 118 valence electrons. The summed E-state index contributed by atoms with van der Waals surface area (Å²) in [5.41, 5.74) is 1.02. The SMILES string of the molecule is C=C(CNCCC)CN1CCn2c(nnc2C(F)(F)F)C1. The van der Waals surface area contributed by atoms with E-state index >= 15 is 0 Å². The fourth-order valence-electron chi connectivity index (χ4n) is 2.37. The van der Waals surface area contributed by atoms with E-state index in [1.54, 1.807) is 0 Å². The van der Waals surface area contributed by atoms with Crippen molar-refractivity contribution in [2.24, 2.45) is 0 Å². The van der Waals surface area contributed by atoms with Crippen molar-refractivity contribution in [3.05, 3.63) is 23.8 Å². The molecule has 1 N–H and O–H groups in total. The first-order chi connectivity index (χ1) is 9.91. The van der Waals surface area contributed by atoms with Crippen molar-refractivity contribution in [2.75, 3.05) is 26.2 Å². The number of nitrogens with zero attached hydrogens (tertiary/aromatic N) is 4. The number of fused-ring (bicyclic) bond motifs is 1. The van der Waals surface area contributed by atoms with E-state index in [9.17, 15) is 13.2 Å². The molecule has 0 fully saturated rings. The fourth-order valence-corrected chi connectivity index (χ4v) is 2.37. The van der Waals surface area contributed by atoms with Crippen LogP contribution in [0.15, 0.2) is 12.2 Å². The molecule has 2 heterocycles. The van der Waals surface area contributed by atoms with Crippen LogP contribution in [0.25, 0.3) is 0 Å². The monoisotopic (exact) mass is 303 g/mol. The summed E-state index contributed by atoms with van der Waals surface area (Å²) in [4.78, 5) is 2.04. The second-order valence-electron chi connectivity index (χ2n) is 5.23. The Labute approximate surface area is 121 Å². The second-order valence-corrected chi connectivity index (χ2v) is 5.23. The van der Waals surface area contributed by atoms with Gasteiger partial charge in [-0.2, -0.15) is 13.2 Å². The standard InChI is InChI=1S/C13H20F3N5/c1-3-4-17-7-10(2)8-20-5-6-21-11(9-20)18-19-12(21)13(14,15)16/h17H,2-9H2,1H3. The van der Waals surface area contributed by atoms with Crippen molar-refractivity contribution in [1.29, 1.82) is 0 Å². The third-order valence-electron chi connectivity index (χ3n) is 3.33. The maximum absolute atomic E-state index is 12.7. The van der Waals surface area contributed by atoms with Gasteiger partial charge >= 0.3 is 6.18 Å². The van der Waals surface area contributed by atoms with E-state index in [4.69, 9.17) is 0 Å². The van der Waals surface area contributed by atoms with Gasteiger partial charge in [0.25, 0.3) is 0 Å². The molecule has 1 aliphatic heterocycles. The van der Waals surface area contributed by atoms with Crippen LogP contribution in [0.1, 0.15) is 25.0 Å². The number of nitrogens with one attached hydrogen (secondary N) is 1. The predicted molar refractivity (Wildman–Crippen MR) is 72.6 cm³/mol. The van der Waals surface area contributed by atoms with Gasteiger partial charge in [0.2, 0.25) is 5.82 Å². The summed E-state index contributed by atoms with van der Waals surface area (Å²) in [6.45, 7) is 9.57.